The van der Waals surface area contributed by atoms with Gasteiger partial charge in [0, 0.05) is 26.7 Å². The van der Waals surface area contributed by atoms with Gasteiger partial charge in [0.15, 0.2) is 0 Å². The molecule has 0 aromatic carbocycles. The number of H-pyrrole nitrogens is 1. The maximum absolute atomic E-state index is 5.22. The van der Waals surface area contributed by atoms with Crippen molar-refractivity contribution in [1.82, 2.24) is 14.8 Å². The van der Waals surface area contributed by atoms with Gasteiger partial charge < -0.3 is 4.74 Å². The average molecular weight is 201 g/mol. The van der Waals surface area contributed by atoms with Crippen LogP contribution in [0.25, 0.3) is 0 Å². The molecule has 1 rings (SSSR count). The second-order valence-corrected chi connectivity index (χ2v) is 3.18. The number of nitrogens with one attached hydrogen (secondary N) is 1. The predicted molar refractivity (Wildman–Crippen MR) is 53.2 cm³/mol. The van der Waals surface area contributed by atoms with Gasteiger partial charge in [-0.15, -0.1) is 0 Å². The van der Waals surface area contributed by atoms with Gasteiger partial charge in [0.2, 0.25) is 4.77 Å². The van der Waals surface area contributed by atoms with Gasteiger partial charge in [0.25, 0.3) is 0 Å². The van der Waals surface area contributed by atoms with Crippen molar-refractivity contribution in [2.75, 3.05) is 13.2 Å². The van der Waals surface area contributed by atoms with E-state index in [-0.39, 0.29) is 0 Å². The molecule has 4 nitrogen and oxygen atoms in total. The molecule has 1 N–H and O–H groups in total. The third-order valence-electron chi connectivity index (χ3n) is 1.72. The minimum atomic E-state index is 0.603. The zero-order chi connectivity index (χ0) is 9.68. The van der Waals surface area contributed by atoms with Crippen LogP contribution in [0.3, 0.4) is 0 Å². The quantitative estimate of drug-likeness (QED) is 0.579. The van der Waals surface area contributed by atoms with E-state index in [4.69, 9.17) is 17.0 Å². The second-order valence-electron chi connectivity index (χ2n) is 2.81. The molecule has 0 amide bonds. The molecule has 1 aromatic rings. The Kier molecular flexibility index (Phi) is 4.11. The Labute approximate surface area is 82.9 Å². The van der Waals surface area contributed by atoms with Crippen LogP contribution in [0.1, 0.15) is 19.2 Å². The molecular formula is C8H15N3OS. The molecule has 0 radical (unpaired) electrons. The van der Waals surface area contributed by atoms with Crippen LogP contribution in [-0.4, -0.2) is 28.0 Å². The van der Waals surface area contributed by atoms with E-state index in [0.717, 1.165) is 31.9 Å². The summed E-state index contributed by atoms with van der Waals surface area (Å²) in [6.07, 6.45) is 1.88. The fourth-order valence-electron chi connectivity index (χ4n) is 1.05. The first-order valence-corrected chi connectivity index (χ1v) is 4.84. The van der Waals surface area contributed by atoms with E-state index < -0.39 is 0 Å². The monoisotopic (exact) mass is 201 g/mol. The van der Waals surface area contributed by atoms with Gasteiger partial charge in [-0.05, 0) is 25.6 Å². The standard InChI is InChI=1S/C8H15N3OS/c1-3-12-6-4-5-7-9-8(13)11(2)10-7/h3-6H2,1-2H3,(H,9,10,13). The van der Waals surface area contributed by atoms with E-state index in [1.807, 2.05) is 14.0 Å². The molecule has 0 bridgehead atoms. The van der Waals surface area contributed by atoms with Crippen LogP contribution < -0.4 is 0 Å². The molecule has 74 valence electrons. The maximum Gasteiger partial charge on any atom is 0.215 e. The summed E-state index contributed by atoms with van der Waals surface area (Å²) >= 11 is 4.97. The summed E-state index contributed by atoms with van der Waals surface area (Å²) in [7, 11) is 1.86. The molecule has 1 heterocycles. The van der Waals surface area contributed by atoms with Gasteiger partial charge in [-0.3, -0.25) is 9.78 Å². The van der Waals surface area contributed by atoms with Crippen LogP contribution in [0.15, 0.2) is 0 Å². The number of nitrogens with zero attached hydrogens (tertiary/aromatic N) is 2. The lowest BCUT2D eigenvalue weighted by atomic mass is 10.3. The summed E-state index contributed by atoms with van der Waals surface area (Å²) in [5.41, 5.74) is 0. The first-order valence-electron chi connectivity index (χ1n) is 4.43. The van der Waals surface area contributed by atoms with Crippen LogP contribution in [0, 0.1) is 4.77 Å². The summed E-state index contributed by atoms with van der Waals surface area (Å²) in [5, 5.41) is 3.07. The molecule has 0 atom stereocenters. The molecular weight excluding hydrogens is 186 g/mol. The van der Waals surface area contributed by atoms with Crippen molar-refractivity contribution in [2.24, 2.45) is 7.05 Å². The average Bonchev–Trinajstić information content (AvgIpc) is 2.41. The van der Waals surface area contributed by atoms with E-state index in [9.17, 15) is 0 Å². The van der Waals surface area contributed by atoms with Crippen molar-refractivity contribution < 1.29 is 4.74 Å². The van der Waals surface area contributed by atoms with Crippen LogP contribution in [0.5, 0.6) is 0 Å². The lowest BCUT2D eigenvalue weighted by molar-refractivity contribution is 0.145. The summed E-state index contributed by atoms with van der Waals surface area (Å²) in [6.45, 7) is 3.56. The number of ether oxygens (including phenoxy) is 1. The van der Waals surface area contributed by atoms with Crippen LogP contribution in [0.4, 0.5) is 0 Å². The Bertz CT molecular complexity index is 305. The molecule has 0 fully saturated rings. The van der Waals surface area contributed by atoms with E-state index >= 15 is 0 Å². The topological polar surface area (TPSA) is 42.8 Å². The minimum Gasteiger partial charge on any atom is -0.382 e. The molecule has 0 saturated carbocycles. The van der Waals surface area contributed by atoms with E-state index in [0.29, 0.717) is 4.77 Å². The van der Waals surface area contributed by atoms with Gasteiger partial charge in [0.1, 0.15) is 5.82 Å². The second kappa shape index (κ2) is 5.14. The number of hydrogen-bond acceptors (Lipinski definition) is 3. The molecule has 0 aliphatic carbocycles. The largest absolute Gasteiger partial charge is 0.382 e. The summed E-state index contributed by atoms with van der Waals surface area (Å²) in [6, 6.07) is 0. The van der Waals surface area contributed by atoms with Crippen molar-refractivity contribution in [2.45, 2.75) is 19.8 Å². The SMILES string of the molecule is CCOCCCc1nc(=S)n(C)[nH]1. The van der Waals surface area contributed by atoms with Crippen molar-refractivity contribution >= 4 is 12.2 Å². The van der Waals surface area contributed by atoms with E-state index in [2.05, 4.69) is 10.1 Å². The van der Waals surface area contributed by atoms with Crippen LogP contribution in [-0.2, 0) is 18.2 Å². The van der Waals surface area contributed by atoms with Gasteiger partial charge in [-0.2, -0.15) is 0 Å². The Morgan fingerprint density at radius 1 is 1.62 bits per heavy atom. The molecule has 0 unspecified atom stereocenters. The predicted octanol–water partition coefficient (Wildman–Crippen LogP) is 1.45. The van der Waals surface area contributed by atoms with Gasteiger partial charge in [-0.1, -0.05) is 0 Å². The highest BCUT2D eigenvalue weighted by Gasteiger charge is 1.98. The van der Waals surface area contributed by atoms with Crippen LogP contribution >= 0.6 is 12.2 Å². The molecule has 1 aromatic heterocycles. The summed E-state index contributed by atoms with van der Waals surface area (Å²) in [4.78, 5) is 4.17. The summed E-state index contributed by atoms with van der Waals surface area (Å²) < 4.78 is 7.56. The Morgan fingerprint density at radius 2 is 2.38 bits per heavy atom. The fourth-order valence-corrected chi connectivity index (χ4v) is 1.21. The fraction of sp³-hybridized carbons (Fsp3) is 0.750. The molecule has 5 heteroatoms. The highest BCUT2D eigenvalue weighted by atomic mass is 32.1. The molecule has 13 heavy (non-hydrogen) atoms. The van der Waals surface area contributed by atoms with Crippen molar-refractivity contribution in [1.29, 1.82) is 0 Å². The van der Waals surface area contributed by atoms with Crippen molar-refractivity contribution in [3.63, 3.8) is 0 Å². The highest BCUT2D eigenvalue weighted by molar-refractivity contribution is 7.71. The molecule has 0 aliphatic rings. The highest BCUT2D eigenvalue weighted by Crippen LogP contribution is 1.96. The third kappa shape index (κ3) is 3.28. The number of hydrogen-bond donors (Lipinski definition) is 1. The van der Waals surface area contributed by atoms with Gasteiger partial charge >= 0.3 is 0 Å². The first kappa shape index (κ1) is 10.4. The number of aromatic amines is 1. The van der Waals surface area contributed by atoms with Crippen molar-refractivity contribution in [3.8, 4) is 0 Å². The Morgan fingerprint density at radius 3 is 2.92 bits per heavy atom. The zero-order valence-electron chi connectivity index (χ0n) is 8.04. The maximum atomic E-state index is 5.22. The lowest BCUT2D eigenvalue weighted by Gasteiger charge is -1.98. The van der Waals surface area contributed by atoms with Gasteiger partial charge in [0.05, 0.1) is 0 Å². The van der Waals surface area contributed by atoms with E-state index in [1.165, 1.54) is 0 Å². The molecule has 0 aliphatic heterocycles. The van der Waals surface area contributed by atoms with Crippen molar-refractivity contribution in [3.05, 3.63) is 10.6 Å². The van der Waals surface area contributed by atoms with E-state index in [1.54, 1.807) is 4.68 Å². The Balaban J connectivity index is 2.33. The van der Waals surface area contributed by atoms with Crippen LogP contribution in [0.2, 0.25) is 0 Å². The number of aromatic nitrogens is 3. The smallest absolute Gasteiger partial charge is 0.215 e. The van der Waals surface area contributed by atoms with Gasteiger partial charge in [-0.25, -0.2) is 4.98 Å². The zero-order valence-corrected chi connectivity index (χ0v) is 8.86. The lowest BCUT2D eigenvalue weighted by Crippen LogP contribution is -1.98. The number of aryl methyl sites for hydroxylation is 2. The summed E-state index contributed by atoms with van der Waals surface area (Å²) in [5.74, 6) is 0.937. The Hall–Kier alpha value is -0.680. The number of rotatable bonds is 5. The normalized spacial score (nSPS) is 10.6. The molecule has 0 spiro atoms. The third-order valence-corrected chi connectivity index (χ3v) is 2.09. The first-order chi connectivity index (χ1) is 6.24. The molecule has 0 saturated heterocycles. The minimum absolute atomic E-state index is 0.603.